The summed E-state index contributed by atoms with van der Waals surface area (Å²) in [4.78, 5) is 13.8. The van der Waals surface area contributed by atoms with Crippen LogP contribution >= 0.6 is 15.9 Å². The zero-order valence-corrected chi connectivity index (χ0v) is 18.8. The first-order valence-corrected chi connectivity index (χ1v) is 11.7. The highest BCUT2D eigenvalue weighted by Crippen LogP contribution is 2.28. The Morgan fingerprint density at radius 2 is 1.79 bits per heavy atom. The monoisotopic (exact) mass is 476 g/mol. The molecule has 2 rings (SSSR count). The van der Waals surface area contributed by atoms with E-state index in [1.807, 2.05) is 0 Å². The van der Waals surface area contributed by atoms with E-state index in [0.29, 0.717) is 25.8 Å². The topological polar surface area (TPSA) is 87.2 Å². The van der Waals surface area contributed by atoms with Crippen molar-refractivity contribution in [1.82, 2.24) is 9.21 Å². The first kappa shape index (κ1) is 23.3. The number of benzene rings is 1. The number of ether oxygens (including phenoxy) is 1. The van der Waals surface area contributed by atoms with E-state index in [4.69, 9.17) is 9.84 Å². The van der Waals surface area contributed by atoms with Crippen LogP contribution in [0.5, 0.6) is 0 Å². The number of nitrogens with zero attached hydrogens (tertiary/aromatic N) is 2. The van der Waals surface area contributed by atoms with E-state index in [-0.39, 0.29) is 36.2 Å². The summed E-state index contributed by atoms with van der Waals surface area (Å²) in [6.45, 7) is 0.577. The summed E-state index contributed by atoms with van der Waals surface area (Å²) in [5.74, 6) is -0.106. The van der Waals surface area contributed by atoms with Crippen molar-refractivity contribution >= 4 is 31.9 Å². The van der Waals surface area contributed by atoms with Gasteiger partial charge in [-0.15, -0.1) is 0 Å². The number of hydrogen-bond acceptors (Lipinski definition) is 5. The molecule has 0 aliphatic heterocycles. The number of amides is 1. The SMILES string of the molecule is CN(CCCO)C(=O)CO[C@H]1CC[C@H](N(C)S(=O)(=O)c2ccc(Br)cc2)CC1. The van der Waals surface area contributed by atoms with Gasteiger partial charge in [0.05, 0.1) is 11.0 Å². The van der Waals surface area contributed by atoms with Crippen molar-refractivity contribution < 1.29 is 23.1 Å². The summed E-state index contributed by atoms with van der Waals surface area (Å²) in [5, 5.41) is 8.82. The molecule has 1 amide bonds. The second-order valence-corrected chi connectivity index (χ2v) is 10.0. The number of aliphatic hydroxyl groups is 1. The Morgan fingerprint density at radius 3 is 2.36 bits per heavy atom. The molecule has 1 saturated carbocycles. The van der Waals surface area contributed by atoms with E-state index in [1.165, 1.54) is 4.31 Å². The second-order valence-electron chi connectivity index (χ2n) is 7.11. The predicted octanol–water partition coefficient (Wildman–Crippen LogP) is 2.24. The number of rotatable bonds is 9. The van der Waals surface area contributed by atoms with Crippen LogP contribution < -0.4 is 0 Å². The van der Waals surface area contributed by atoms with Gasteiger partial charge in [0, 0.05) is 37.8 Å². The van der Waals surface area contributed by atoms with Crippen LogP contribution in [0.1, 0.15) is 32.1 Å². The number of carbonyl (C=O) groups is 1. The quantitative estimate of drug-likeness (QED) is 0.590. The van der Waals surface area contributed by atoms with Crippen molar-refractivity contribution in [3.8, 4) is 0 Å². The fourth-order valence-electron chi connectivity index (χ4n) is 3.28. The lowest BCUT2D eigenvalue weighted by Crippen LogP contribution is -2.41. The van der Waals surface area contributed by atoms with Gasteiger partial charge in [0.2, 0.25) is 15.9 Å². The highest BCUT2D eigenvalue weighted by Gasteiger charge is 2.32. The van der Waals surface area contributed by atoms with Crippen LogP contribution in [0.15, 0.2) is 33.6 Å². The van der Waals surface area contributed by atoms with Gasteiger partial charge in [0.25, 0.3) is 0 Å². The van der Waals surface area contributed by atoms with Gasteiger partial charge < -0.3 is 14.7 Å². The van der Waals surface area contributed by atoms with Crippen molar-refractivity contribution in [2.24, 2.45) is 0 Å². The molecule has 0 atom stereocenters. The minimum atomic E-state index is -3.53. The van der Waals surface area contributed by atoms with Gasteiger partial charge in [-0.3, -0.25) is 4.79 Å². The van der Waals surface area contributed by atoms with Crippen molar-refractivity contribution in [2.45, 2.75) is 49.1 Å². The number of hydrogen-bond donors (Lipinski definition) is 1. The Balaban J connectivity index is 1.82. The minimum absolute atomic E-state index is 0.0181. The van der Waals surface area contributed by atoms with Gasteiger partial charge in [-0.1, -0.05) is 15.9 Å². The van der Waals surface area contributed by atoms with Gasteiger partial charge in [-0.05, 0) is 56.4 Å². The number of aliphatic hydroxyl groups excluding tert-OH is 1. The molecule has 158 valence electrons. The maximum Gasteiger partial charge on any atom is 0.248 e. The van der Waals surface area contributed by atoms with Crippen molar-refractivity contribution in [3.63, 3.8) is 0 Å². The minimum Gasteiger partial charge on any atom is -0.396 e. The largest absolute Gasteiger partial charge is 0.396 e. The number of sulfonamides is 1. The molecule has 0 aromatic heterocycles. The van der Waals surface area contributed by atoms with Crippen LogP contribution in [-0.4, -0.2) is 74.6 Å². The average molecular weight is 477 g/mol. The summed E-state index contributed by atoms with van der Waals surface area (Å²) in [6.07, 6.45) is 3.36. The Hall–Kier alpha value is -1.00. The van der Waals surface area contributed by atoms with E-state index in [9.17, 15) is 13.2 Å². The van der Waals surface area contributed by atoms with Crippen molar-refractivity contribution in [3.05, 3.63) is 28.7 Å². The third-order valence-corrected chi connectivity index (χ3v) is 7.62. The van der Waals surface area contributed by atoms with Crippen molar-refractivity contribution in [1.29, 1.82) is 0 Å². The standard InChI is InChI=1S/C19H29BrN2O5S/c1-21(12-3-13-23)19(24)14-27-17-8-6-16(7-9-17)22(2)28(25,26)18-10-4-15(20)5-11-18/h4-5,10-11,16-17,23H,3,6-9,12-14H2,1-2H3/t16-,17-. The Labute approximate surface area is 175 Å². The first-order valence-electron chi connectivity index (χ1n) is 9.45. The summed E-state index contributed by atoms with van der Waals surface area (Å²) in [6, 6.07) is 6.57. The molecule has 7 nitrogen and oxygen atoms in total. The van der Waals surface area contributed by atoms with Gasteiger partial charge in [-0.2, -0.15) is 4.31 Å². The van der Waals surface area contributed by atoms with Gasteiger partial charge >= 0.3 is 0 Å². The van der Waals surface area contributed by atoms with Crippen LogP contribution in [0.4, 0.5) is 0 Å². The van der Waals surface area contributed by atoms with E-state index in [0.717, 1.165) is 17.3 Å². The van der Waals surface area contributed by atoms with Gasteiger partial charge in [0.1, 0.15) is 6.61 Å². The van der Waals surface area contributed by atoms with Crippen LogP contribution in [-0.2, 0) is 19.6 Å². The van der Waals surface area contributed by atoms with Crippen LogP contribution in [0.25, 0.3) is 0 Å². The molecular formula is C19H29BrN2O5S. The van der Waals surface area contributed by atoms with E-state index < -0.39 is 10.0 Å². The predicted molar refractivity (Wildman–Crippen MR) is 110 cm³/mol. The maximum absolute atomic E-state index is 12.8. The van der Waals surface area contributed by atoms with E-state index in [2.05, 4.69) is 15.9 Å². The summed E-state index contributed by atoms with van der Waals surface area (Å²) in [7, 11) is -0.206. The Morgan fingerprint density at radius 1 is 1.18 bits per heavy atom. The fourth-order valence-corrected chi connectivity index (χ4v) is 4.96. The molecule has 0 saturated heterocycles. The average Bonchev–Trinajstić information content (AvgIpc) is 2.70. The van der Waals surface area contributed by atoms with E-state index in [1.54, 1.807) is 43.3 Å². The molecule has 0 radical (unpaired) electrons. The molecule has 1 aliphatic rings. The first-order chi connectivity index (χ1) is 13.3. The Bertz CT molecular complexity index is 733. The van der Waals surface area contributed by atoms with E-state index >= 15 is 0 Å². The zero-order valence-electron chi connectivity index (χ0n) is 16.4. The van der Waals surface area contributed by atoms with Gasteiger partial charge in [-0.25, -0.2) is 8.42 Å². The smallest absolute Gasteiger partial charge is 0.248 e. The van der Waals surface area contributed by atoms with Crippen LogP contribution in [0.2, 0.25) is 0 Å². The lowest BCUT2D eigenvalue weighted by atomic mass is 9.93. The highest BCUT2D eigenvalue weighted by atomic mass is 79.9. The van der Waals surface area contributed by atoms with Gasteiger partial charge in [0.15, 0.2) is 0 Å². The molecule has 0 bridgehead atoms. The van der Waals surface area contributed by atoms with Crippen molar-refractivity contribution in [2.75, 3.05) is 33.9 Å². The van der Waals surface area contributed by atoms with Crippen LogP contribution in [0, 0.1) is 0 Å². The third-order valence-electron chi connectivity index (χ3n) is 5.17. The molecule has 1 aromatic rings. The number of carbonyl (C=O) groups excluding carboxylic acids is 1. The number of halogens is 1. The van der Waals surface area contributed by atoms with Crippen LogP contribution in [0.3, 0.4) is 0 Å². The highest BCUT2D eigenvalue weighted by molar-refractivity contribution is 9.10. The number of likely N-dealkylation sites (N-methyl/N-ethyl adjacent to an activating group) is 1. The lowest BCUT2D eigenvalue weighted by molar-refractivity contribution is -0.137. The summed E-state index contributed by atoms with van der Waals surface area (Å²) < 4.78 is 33.6. The molecule has 1 aromatic carbocycles. The lowest BCUT2D eigenvalue weighted by Gasteiger charge is -2.34. The zero-order chi connectivity index (χ0) is 20.7. The normalized spacial score (nSPS) is 20.3. The molecule has 0 heterocycles. The molecule has 1 aliphatic carbocycles. The molecule has 1 N–H and O–H groups in total. The third kappa shape index (κ3) is 6.25. The second kappa shape index (κ2) is 10.7. The molecule has 1 fully saturated rings. The molecule has 9 heteroatoms. The Kier molecular flexibility index (Phi) is 8.88. The molecule has 0 spiro atoms. The molecular weight excluding hydrogens is 448 g/mol. The molecule has 0 unspecified atom stereocenters. The summed E-state index contributed by atoms with van der Waals surface area (Å²) in [5.41, 5.74) is 0. The maximum atomic E-state index is 12.8. The molecule has 28 heavy (non-hydrogen) atoms. The fraction of sp³-hybridized carbons (Fsp3) is 0.632. The summed E-state index contributed by atoms with van der Waals surface area (Å²) >= 11 is 3.32.